The molecule has 8 fully saturated rings. The Morgan fingerprint density at radius 3 is 1.74 bits per heavy atom. The summed E-state index contributed by atoms with van der Waals surface area (Å²) in [6.07, 6.45) is 27.9. The fourth-order valence-electron chi connectivity index (χ4n) is 13.7. The normalized spacial score (nSPS) is 54.1. The minimum absolute atomic E-state index is 0.360. The van der Waals surface area contributed by atoms with Gasteiger partial charge in [0.05, 0.1) is 0 Å². The fourth-order valence-corrected chi connectivity index (χ4v) is 13.7. The van der Waals surface area contributed by atoms with Gasteiger partial charge in [-0.3, -0.25) is 0 Å². The third kappa shape index (κ3) is 2.65. The van der Waals surface area contributed by atoms with Gasteiger partial charge in [0.25, 0.3) is 0 Å². The van der Waals surface area contributed by atoms with Gasteiger partial charge in [0.1, 0.15) is 0 Å². The van der Waals surface area contributed by atoms with Crippen molar-refractivity contribution in [1.82, 2.24) is 0 Å². The standard InChI is InChI=1S/C34H42/c1-7-23-9-24(8-2)11-27(10-23)28-32(6)15-26-14-31(5,19-32)22-34(28,17-26)33-16-25-12-29(3,20-33)18-30(4,13-25)21-33/h1-2,9-11,25-26,28H,12-22H2,3-6H3. The number of hydrogen-bond acceptors (Lipinski definition) is 0. The molecule has 0 amide bonds. The van der Waals surface area contributed by atoms with E-state index >= 15 is 0 Å². The van der Waals surface area contributed by atoms with Crippen molar-refractivity contribution in [3.63, 3.8) is 0 Å². The Hall–Kier alpha value is -1.66. The van der Waals surface area contributed by atoms with Crippen molar-refractivity contribution in [2.45, 2.75) is 104 Å². The summed E-state index contributed by atoms with van der Waals surface area (Å²) in [5.41, 5.74) is 6.31. The first-order valence-electron chi connectivity index (χ1n) is 14.0. The largest absolute Gasteiger partial charge is 0.115 e. The van der Waals surface area contributed by atoms with Gasteiger partial charge >= 0.3 is 0 Å². The molecular weight excluding hydrogens is 408 g/mol. The second-order valence-electron chi connectivity index (χ2n) is 15.9. The van der Waals surface area contributed by atoms with Crippen LogP contribution < -0.4 is 0 Å². The van der Waals surface area contributed by atoms with E-state index < -0.39 is 0 Å². The molecule has 0 heterocycles. The van der Waals surface area contributed by atoms with Crippen molar-refractivity contribution in [3.05, 3.63) is 34.9 Å². The van der Waals surface area contributed by atoms with Crippen LogP contribution in [0, 0.1) is 69.0 Å². The average molecular weight is 451 g/mol. The highest BCUT2D eigenvalue weighted by molar-refractivity contribution is 5.48. The summed E-state index contributed by atoms with van der Waals surface area (Å²) in [5, 5.41) is 0. The second-order valence-corrected chi connectivity index (χ2v) is 15.9. The molecule has 1 aromatic rings. The first-order chi connectivity index (χ1) is 15.9. The van der Waals surface area contributed by atoms with Crippen LogP contribution in [0.5, 0.6) is 0 Å². The number of benzene rings is 1. The lowest BCUT2D eigenvalue weighted by atomic mass is 9.25. The molecule has 8 aliphatic rings. The molecule has 8 bridgehead atoms. The van der Waals surface area contributed by atoms with Crippen molar-refractivity contribution in [1.29, 1.82) is 0 Å². The minimum atomic E-state index is 0.360. The SMILES string of the molecule is C#Cc1cc(C#C)cc(C2C3(C)CC4CC(C)(C3)CC2(C23CC5CC(C)(CC(C)(C5)C2)C3)C4)c1. The molecule has 0 heteroatoms. The topological polar surface area (TPSA) is 0 Å². The summed E-state index contributed by atoms with van der Waals surface area (Å²) in [6.45, 7) is 10.7. The first-order valence-corrected chi connectivity index (χ1v) is 14.0. The monoisotopic (exact) mass is 450 g/mol. The lowest BCUT2D eigenvalue weighted by molar-refractivity contribution is -0.275. The maximum Gasteiger partial charge on any atom is 0.0257 e. The van der Waals surface area contributed by atoms with Gasteiger partial charge in [0, 0.05) is 11.1 Å². The summed E-state index contributed by atoms with van der Waals surface area (Å²) in [7, 11) is 0. The zero-order chi connectivity index (χ0) is 23.8. The average Bonchev–Trinajstić information content (AvgIpc) is 2.68. The zero-order valence-corrected chi connectivity index (χ0v) is 21.9. The van der Waals surface area contributed by atoms with Crippen LogP contribution in [-0.4, -0.2) is 0 Å². The number of terminal acetylenes is 2. The van der Waals surface area contributed by atoms with Crippen LogP contribution in [0.3, 0.4) is 0 Å². The Kier molecular flexibility index (Phi) is 3.93. The molecule has 8 saturated carbocycles. The maximum atomic E-state index is 5.97. The van der Waals surface area contributed by atoms with E-state index in [1.807, 2.05) is 6.07 Å². The summed E-state index contributed by atoms with van der Waals surface area (Å²) < 4.78 is 0. The van der Waals surface area contributed by atoms with Crippen molar-refractivity contribution in [2.24, 2.45) is 44.3 Å². The van der Waals surface area contributed by atoms with Crippen molar-refractivity contribution in [2.75, 3.05) is 0 Å². The van der Waals surface area contributed by atoms with Gasteiger partial charge in [-0.05, 0) is 145 Å². The van der Waals surface area contributed by atoms with Gasteiger partial charge in [-0.25, -0.2) is 0 Å². The molecule has 0 nitrogen and oxygen atoms in total. The van der Waals surface area contributed by atoms with E-state index in [0.717, 1.165) is 23.0 Å². The highest BCUT2D eigenvalue weighted by atomic mass is 14.8. The summed E-state index contributed by atoms with van der Waals surface area (Å²) in [6, 6.07) is 6.78. The molecule has 1 aromatic carbocycles. The van der Waals surface area contributed by atoms with Crippen LogP contribution >= 0.6 is 0 Å². The van der Waals surface area contributed by atoms with E-state index in [0.29, 0.717) is 38.4 Å². The molecule has 178 valence electrons. The lowest BCUT2D eigenvalue weighted by Crippen LogP contribution is -2.69. The molecule has 7 unspecified atom stereocenters. The molecular formula is C34H42. The Morgan fingerprint density at radius 2 is 1.21 bits per heavy atom. The summed E-state index contributed by atoms with van der Waals surface area (Å²) in [5.74, 6) is 8.34. The number of hydrogen-bond donors (Lipinski definition) is 0. The van der Waals surface area contributed by atoms with Crippen LogP contribution in [0.4, 0.5) is 0 Å². The smallest absolute Gasteiger partial charge is 0.0257 e. The van der Waals surface area contributed by atoms with Crippen LogP contribution in [0.25, 0.3) is 0 Å². The molecule has 0 spiro atoms. The summed E-state index contributed by atoms with van der Waals surface area (Å²) in [4.78, 5) is 0. The minimum Gasteiger partial charge on any atom is -0.115 e. The van der Waals surface area contributed by atoms with Crippen molar-refractivity contribution in [3.8, 4) is 24.7 Å². The van der Waals surface area contributed by atoms with Crippen LogP contribution in [0.1, 0.15) is 121 Å². The Labute approximate surface area is 208 Å². The van der Waals surface area contributed by atoms with E-state index in [9.17, 15) is 0 Å². The molecule has 7 atom stereocenters. The van der Waals surface area contributed by atoms with Gasteiger partial charge in [-0.1, -0.05) is 39.5 Å². The summed E-state index contributed by atoms with van der Waals surface area (Å²) >= 11 is 0. The molecule has 34 heavy (non-hydrogen) atoms. The first kappa shape index (κ1) is 21.6. The lowest BCUT2D eigenvalue weighted by Gasteiger charge is -2.79. The number of rotatable bonds is 2. The van der Waals surface area contributed by atoms with Crippen molar-refractivity contribution >= 4 is 0 Å². The molecule has 0 N–H and O–H groups in total. The highest BCUT2D eigenvalue weighted by Crippen LogP contribution is 2.84. The van der Waals surface area contributed by atoms with Gasteiger partial charge in [-0.2, -0.15) is 0 Å². The van der Waals surface area contributed by atoms with Crippen LogP contribution in [0.15, 0.2) is 18.2 Å². The predicted octanol–water partition coefficient (Wildman–Crippen LogP) is 8.34. The van der Waals surface area contributed by atoms with E-state index in [-0.39, 0.29) is 0 Å². The quantitative estimate of drug-likeness (QED) is 0.397. The molecule has 8 aliphatic carbocycles. The fraction of sp³-hybridized carbons (Fsp3) is 0.706. The third-order valence-corrected chi connectivity index (χ3v) is 12.3. The van der Waals surface area contributed by atoms with E-state index in [4.69, 9.17) is 12.8 Å². The van der Waals surface area contributed by atoms with Gasteiger partial charge in [-0.15, -0.1) is 12.8 Å². The zero-order valence-electron chi connectivity index (χ0n) is 21.9. The molecule has 0 aliphatic heterocycles. The van der Waals surface area contributed by atoms with Crippen LogP contribution in [-0.2, 0) is 0 Å². The maximum absolute atomic E-state index is 5.97. The van der Waals surface area contributed by atoms with Crippen LogP contribution in [0.2, 0.25) is 0 Å². The van der Waals surface area contributed by atoms with Gasteiger partial charge in [0.15, 0.2) is 0 Å². The third-order valence-electron chi connectivity index (χ3n) is 12.3. The predicted molar refractivity (Wildman–Crippen MR) is 140 cm³/mol. The molecule has 9 rings (SSSR count). The van der Waals surface area contributed by atoms with Crippen molar-refractivity contribution < 1.29 is 0 Å². The highest BCUT2D eigenvalue weighted by Gasteiger charge is 2.75. The molecule has 0 aromatic heterocycles. The Morgan fingerprint density at radius 1 is 0.647 bits per heavy atom. The Balaban J connectivity index is 1.47. The van der Waals surface area contributed by atoms with E-state index in [1.54, 1.807) is 0 Å². The van der Waals surface area contributed by atoms with Gasteiger partial charge in [0.2, 0.25) is 0 Å². The van der Waals surface area contributed by atoms with E-state index in [2.05, 4.69) is 51.7 Å². The Bertz CT molecular complexity index is 1120. The second kappa shape index (κ2) is 6.18. The molecule has 0 radical (unpaired) electrons. The van der Waals surface area contributed by atoms with Gasteiger partial charge < -0.3 is 0 Å². The van der Waals surface area contributed by atoms with E-state index in [1.165, 1.54) is 76.2 Å². The molecule has 0 saturated heterocycles.